The predicted octanol–water partition coefficient (Wildman–Crippen LogP) is 3.19. The van der Waals surface area contributed by atoms with Crippen molar-refractivity contribution in [1.82, 2.24) is 5.43 Å². The summed E-state index contributed by atoms with van der Waals surface area (Å²) in [5, 5.41) is 3.82. The van der Waals surface area contributed by atoms with Gasteiger partial charge in [0.05, 0.1) is 0 Å². The Hall–Kier alpha value is -2.88. The third kappa shape index (κ3) is 5.63. The van der Waals surface area contributed by atoms with E-state index in [1.807, 2.05) is 67.6 Å². The van der Waals surface area contributed by atoms with Gasteiger partial charge in [-0.2, -0.15) is 5.10 Å². The lowest BCUT2D eigenvalue weighted by atomic mass is 10.2. The number of hydrogen-bond donors (Lipinski definition) is 1. The van der Waals surface area contributed by atoms with Crippen LogP contribution in [-0.2, 0) is 4.79 Å². The van der Waals surface area contributed by atoms with Gasteiger partial charge in [-0.3, -0.25) is 4.79 Å². The van der Waals surface area contributed by atoms with Gasteiger partial charge >= 0.3 is 0 Å². The molecule has 22 heavy (non-hydrogen) atoms. The van der Waals surface area contributed by atoms with Crippen LogP contribution in [0.25, 0.3) is 6.08 Å². The number of benzene rings is 2. The van der Waals surface area contributed by atoms with Crippen LogP contribution >= 0.6 is 0 Å². The number of amides is 1. The normalized spacial score (nSPS) is 11.0. The van der Waals surface area contributed by atoms with E-state index in [9.17, 15) is 4.79 Å². The SMILES string of the molecule is Cc1cccc(OCC(=O)NN=C/C=C\c2ccccc2)c1. The number of carbonyl (C=O) groups excluding carboxylic acids is 1. The van der Waals surface area contributed by atoms with Crippen LogP contribution in [0, 0.1) is 6.92 Å². The number of hydrogen-bond acceptors (Lipinski definition) is 3. The second kappa shape index (κ2) is 8.42. The summed E-state index contributed by atoms with van der Waals surface area (Å²) in [4.78, 5) is 11.6. The quantitative estimate of drug-likeness (QED) is 0.657. The number of ether oxygens (including phenoxy) is 1. The van der Waals surface area contributed by atoms with Crippen LogP contribution in [-0.4, -0.2) is 18.7 Å². The zero-order valence-corrected chi connectivity index (χ0v) is 12.4. The number of aryl methyl sites for hydroxylation is 1. The minimum Gasteiger partial charge on any atom is -0.484 e. The maximum atomic E-state index is 11.6. The van der Waals surface area contributed by atoms with Crippen LogP contribution in [0.5, 0.6) is 5.75 Å². The summed E-state index contributed by atoms with van der Waals surface area (Å²) in [6.07, 6.45) is 5.19. The molecule has 0 radical (unpaired) electrons. The van der Waals surface area contributed by atoms with E-state index in [2.05, 4.69) is 10.5 Å². The molecule has 0 unspecified atom stereocenters. The third-order valence-corrected chi connectivity index (χ3v) is 2.80. The summed E-state index contributed by atoms with van der Waals surface area (Å²) in [6, 6.07) is 17.4. The monoisotopic (exact) mass is 294 g/mol. The highest BCUT2D eigenvalue weighted by atomic mass is 16.5. The summed E-state index contributed by atoms with van der Waals surface area (Å²) < 4.78 is 5.37. The highest BCUT2D eigenvalue weighted by Gasteiger charge is 2.00. The molecule has 0 saturated carbocycles. The number of hydrazone groups is 1. The molecule has 2 aromatic carbocycles. The van der Waals surface area contributed by atoms with Gasteiger partial charge in [-0.25, -0.2) is 5.43 Å². The minimum atomic E-state index is -0.300. The molecule has 0 spiro atoms. The Morgan fingerprint density at radius 2 is 2.00 bits per heavy atom. The van der Waals surface area contributed by atoms with Crippen molar-refractivity contribution in [2.75, 3.05) is 6.61 Å². The van der Waals surface area contributed by atoms with E-state index in [1.165, 1.54) is 6.21 Å². The molecule has 0 aliphatic heterocycles. The summed E-state index contributed by atoms with van der Waals surface area (Å²) in [7, 11) is 0. The van der Waals surface area contributed by atoms with Gasteiger partial charge in [0.1, 0.15) is 5.75 Å². The van der Waals surface area contributed by atoms with Gasteiger partial charge in [-0.15, -0.1) is 0 Å². The predicted molar refractivity (Wildman–Crippen MR) is 88.8 cm³/mol. The molecule has 0 aromatic heterocycles. The summed E-state index contributed by atoms with van der Waals surface area (Å²) in [5.41, 5.74) is 4.57. The summed E-state index contributed by atoms with van der Waals surface area (Å²) in [6.45, 7) is 1.90. The Morgan fingerprint density at radius 1 is 1.18 bits per heavy atom. The first-order valence-corrected chi connectivity index (χ1v) is 6.97. The average Bonchev–Trinajstić information content (AvgIpc) is 2.54. The van der Waals surface area contributed by atoms with Crippen molar-refractivity contribution in [2.45, 2.75) is 6.92 Å². The van der Waals surface area contributed by atoms with E-state index in [-0.39, 0.29) is 12.5 Å². The van der Waals surface area contributed by atoms with Crippen LogP contribution in [0.4, 0.5) is 0 Å². The molecule has 2 rings (SSSR count). The molecule has 1 N–H and O–H groups in total. The van der Waals surface area contributed by atoms with Crippen LogP contribution in [0.3, 0.4) is 0 Å². The van der Waals surface area contributed by atoms with Crippen molar-refractivity contribution < 1.29 is 9.53 Å². The number of carbonyl (C=O) groups is 1. The Kier molecular flexibility index (Phi) is 5.93. The Bertz CT molecular complexity index is 664. The molecule has 4 heteroatoms. The molecular formula is C18H18N2O2. The van der Waals surface area contributed by atoms with Gasteiger partial charge in [0.25, 0.3) is 5.91 Å². The molecule has 0 bridgehead atoms. The smallest absolute Gasteiger partial charge is 0.277 e. The average molecular weight is 294 g/mol. The maximum absolute atomic E-state index is 11.6. The lowest BCUT2D eigenvalue weighted by Crippen LogP contribution is -2.24. The van der Waals surface area contributed by atoms with Gasteiger partial charge < -0.3 is 4.74 Å². The Labute approximate surface area is 130 Å². The molecular weight excluding hydrogens is 276 g/mol. The van der Waals surface area contributed by atoms with E-state index in [0.717, 1.165) is 11.1 Å². The van der Waals surface area contributed by atoms with E-state index < -0.39 is 0 Å². The van der Waals surface area contributed by atoms with Crippen LogP contribution in [0.1, 0.15) is 11.1 Å². The largest absolute Gasteiger partial charge is 0.484 e. The Morgan fingerprint density at radius 3 is 2.77 bits per heavy atom. The van der Waals surface area contributed by atoms with Crippen molar-refractivity contribution in [1.29, 1.82) is 0 Å². The van der Waals surface area contributed by atoms with Gasteiger partial charge in [-0.05, 0) is 36.3 Å². The fraction of sp³-hybridized carbons (Fsp3) is 0.111. The fourth-order valence-corrected chi connectivity index (χ4v) is 1.76. The second-order valence-corrected chi connectivity index (χ2v) is 4.69. The fourth-order valence-electron chi connectivity index (χ4n) is 1.76. The number of nitrogens with zero attached hydrogens (tertiary/aromatic N) is 1. The molecule has 4 nitrogen and oxygen atoms in total. The maximum Gasteiger partial charge on any atom is 0.277 e. The summed E-state index contributed by atoms with van der Waals surface area (Å²) in [5.74, 6) is 0.369. The van der Waals surface area contributed by atoms with E-state index in [1.54, 1.807) is 6.08 Å². The standard InChI is InChI=1S/C18H18N2O2/c1-15-7-5-11-17(13-15)22-14-18(21)20-19-12-6-10-16-8-3-2-4-9-16/h2-13H,14H2,1H3,(H,20,21)/b10-6-,19-12?. The van der Waals surface area contributed by atoms with E-state index in [0.29, 0.717) is 5.75 Å². The Balaban J connectivity index is 1.71. The van der Waals surface area contributed by atoms with Crippen molar-refractivity contribution in [3.63, 3.8) is 0 Å². The minimum absolute atomic E-state index is 0.0663. The third-order valence-electron chi connectivity index (χ3n) is 2.80. The molecule has 0 heterocycles. The molecule has 0 saturated heterocycles. The van der Waals surface area contributed by atoms with E-state index in [4.69, 9.17) is 4.74 Å². The van der Waals surface area contributed by atoms with Crippen molar-refractivity contribution in [3.05, 3.63) is 71.8 Å². The van der Waals surface area contributed by atoms with Crippen molar-refractivity contribution >= 4 is 18.2 Å². The topological polar surface area (TPSA) is 50.7 Å². The number of rotatable bonds is 6. The first-order valence-electron chi connectivity index (χ1n) is 6.97. The van der Waals surface area contributed by atoms with Gasteiger partial charge in [0, 0.05) is 6.21 Å². The highest BCUT2D eigenvalue weighted by Crippen LogP contribution is 2.11. The van der Waals surface area contributed by atoms with Crippen LogP contribution in [0.2, 0.25) is 0 Å². The number of allylic oxidation sites excluding steroid dienone is 1. The van der Waals surface area contributed by atoms with Crippen molar-refractivity contribution in [3.8, 4) is 5.75 Å². The van der Waals surface area contributed by atoms with Crippen LogP contribution in [0.15, 0.2) is 65.8 Å². The molecule has 1 amide bonds. The molecule has 0 aliphatic rings. The highest BCUT2D eigenvalue weighted by molar-refractivity contribution is 5.81. The lowest BCUT2D eigenvalue weighted by Gasteiger charge is -2.05. The zero-order chi connectivity index (χ0) is 15.6. The summed E-state index contributed by atoms with van der Waals surface area (Å²) >= 11 is 0. The second-order valence-electron chi connectivity index (χ2n) is 4.69. The molecule has 0 fully saturated rings. The molecule has 2 aromatic rings. The first kappa shape index (κ1) is 15.5. The molecule has 0 atom stereocenters. The van der Waals surface area contributed by atoms with Crippen molar-refractivity contribution in [2.24, 2.45) is 5.10 Å². The molecule has 112 valence electrons. The zero-order valence-electron chi connectivity index (χ0n) is 12.4. The molecule has 0 aliphatic carbocycles. The first-order chi connectivity index (χ1) is 10.7. The lowest BCUT2D eigenvalue weighted by molar-refractivity contribution is -0.123. The van der Waals surface area contributed by atoms with E-state index >= 15 is 0 Å². The van der Waals surface area contributed by atoms with Gasteiger partial charge in [0.2, 0.25) is 0 Å². The van der Waals surface area contributed by atoms with Gasteiger partial charge in [-0.1, -0.05) is 48.5 Å². The van der Waals surface area contributed by atoms with Crippen LogP contribution < -0.4 is 10.2 Å². The number of nitrogens with one attached hydrogen (secondary N) is 1. The van der Waals surface area contributed by atoms with Gasteiger partial charge in [0.15, 0.2) is 6.61 Å².